The van der Waals surface area contributed by atoms with Crippen molar-refractivity contribution in [1.29, 1.82) is 0 Å². The third-order valence-corrected chi connectivity index (χ3v) is 13.8. The summed E-state index contributed by atoms with van der Waals surface area (Å²) in [5, 5.41) is 32.4. The largest absolute Gasteiger partial charge is 0.464 e. The molecule has 5 aliphatic rings. The number of esters is 2. The SMILES string of the molecule is CC(C)CCC[C@@H](C)C1CCC2C3CCC4C[C@@H](OC(=O)CCC(=O)OC[C@H]5NC[C@H](O)[C@@H](O)[C@@H]5O)CC[C@]4(C)C3CC[C@@]21C. The number of hydrogen-bond donors (Lipinski definition) is 4. The highest BCUT2D eigenvalue weighted by Crippen LogP contribution is 2.68. The monoisotopic (exact) mass is 633 g/mol. The molecule has 4 N–H and O–H groups in total. The molecule has 0 amide bonds. The fraction of sp³-hybridized carbons (Fsp3) is 0.946. The number of β-amino-alcohol motifs (C(OH)–C–C–N with tert-alkyl or cyclic N) is 1. The molecule has 1 heterocycles. The Hall–Kier alpha value is -1.22. The number of aliphatic hydroxyl groups is 3. The fourth-order valence-corrected chi connectivity index (χ4v) is 11.2. The van der Waals surface area contributed by atoms with Gasteiger partial charge in [0.05, 0.1) is 25.0 Å². The number of rotatable bonds is 11. The fourth-order valence-electron chi connectivity index (χ4n) is 11.2. The summed E-state index contributed by atoms with van der Waals surface area (Å²) in [6.45, 7) is 12.4. The molecule has 4 saturated carbocycles. The number of carbonyl (C=O) groups excluding carboxylic acids is 2. The number of nitrogens with one attached hydrogen (secondary N) is 1. The molecule has 0 aromatic heterocycles. The van der Waals surface area contributed by atoms with Crippen LogP contribution in [0.2, 0.25) is 0 Å². The second-order valence-electron chi connectivity index (χ2n) is 16.8. The van der Waals surface area contributed by atoms with Crippen LogP contribution >= 0.6 is 0 Å². The summed E-state index contributed by atoms with van der Waals surface area (Å²) in [7, 11) is 0. The number of fused-ring (bicyclic) bond motifs is 5. The minimum Gasteiger partial charge on any atom is -0.464 e. The third-order valence-electron chi connectivity index (χ3n) is 13.8. The Labute approximate surface area is 271 Å². The van der Waals surface area contributed by atoms with Gasteiger partial charge >= 0.3 is 11.9 Å². The predicted molar refractivity (Wildman–Crippen MR) is 173 cm³/mol. The number of aliphatic hydroxyl groups excluding tert-OH is 3. The van der Waals surface area contributed by atoms with Gasteiger partial charge in [-0.2, -0.15) is 0 Å². The van der Waals surface area contributed by atoms with E-state index in [1.165, 1.54) is 57.8 Å². The minimum absolute atomic E-state index is 0.0265. The smallest absolute Gasteiger partial charge is 0.306 e. The van der Waals surface area contributed by atoms with E-state index in [4.69, 9.17) is 9.47 Å². The lowest BCUT2D eigenvalue weighted by Gasteiger charge is -2.61. The lowest BCUT2D eigenvalue weighted by molar-refractivity contribution is -0.165. The van der Waals surface area contributed by atoms with E-state index in [2.05, 4.69) is 39.9 Å². The Bertz CT molecular complexity index is 1020. The van der Waals surface area contributed by atoms with Crippen LogP contribution in [-0.4, -0.2) is 70.9 Å². The Morgan fingerprint density at radius 3 is 2.31 bits per heavy atom. The summed E-state index contributed by atoms with van der Waals surface area (Å²) < 4.78 is 11.2. The van der Waals surface area contributed by atoms with Gasteiger partial charge < -0.3 is 30.1 Å². The molecule has 0 aromatic rings. The van der Waals surface area contributed by atoms with Gasteiger partial charge in [0.15, 0.2) is 0 Å². The topological polar surface area (TPSA) is 125 Å². The molecule has 0 bridgehead atoms. The first-order chi connectivity index (χ1) is 21.3. The number of carbonyl (C=O) groups is 2. The van der Waals surface area contributed by atoms with Gasteiger partial charge in [0.1, 0.15) is 24.9 Å². The molecule has 4 aliphatic carbocycles. The molecule has 8 heteroatoms. The molecular weight excluding hydrogens is 570 g/mol. The molecule has 0 radical (unpaired) electrons. The van der Waals surface area contributed by atoms with Crippen LogP contribution in [0.4, 0.5) is 0 Å². The summed E-state index contributed by atoms with van der Waals surface area (Å²) in [6, 6.07) is -0.665. The molecule has 5 unspecified atom stereocenters. The Morgan fingerprint density at radius 2 is 1.56 bits per heavy atom. The van der Waals surface area contributed by atoms with Crippen molar-refractivity contribution in [2.75, 3.05) is 13.2 Å². The zero-order valence-corrected chi connectivity index (χ0v) is 28.7. The van der Waals surface area contributed by atoms with Crippen molar-refractivity contribution in [2.24, 2.45) is 52.3 Å². The van der Waals surface area contributed by atoms with E-state index in [-0.39, 0.29) is 38.1 Å². The standard InChI is InChI=1S/C37H63NO7/c1-22(2)7-6-8-23(3)27-11-12-28-26-10-9-24-19-25(15-17-36(24,4)29(26)16-18-37(27,28)5)45-33(41)14-13-32(40)44-21-30-34(42)35(43)31(39)20-38-30/h22-31,34-35,38-39,42-43H,6-21H2,1-5H3/t23-,24?,25+,26?,27?,28?,29?,30-,31+,34-,35-,36+,37-/m1/s1. The first kappa shape index (κ1) is 35.1. The van der Waals surface area contributed by atoms with Crippen molar-refractivity contribution in [3.05, 3.63) is 0 Å². The van der Waals surface area contributed by atoms with Crippen LogP contribution in [0.1, 0.15) is 125 Å². The molecule has 1 saturated heterocycles. The Kier molecular flexibility index (Phi) is 11.3. The molecule has 258 valence electrons. The number of hydrogen-bond acceptors (Lipinski definition) is 8. The highest BCUT2D eigenvalue weighted by molar-refractivity contribution is 5.77. The summed E-state index contributed by atoms with van der Waals surface area (Å²) in [5.74, 6) is 4.73. The molecule has 0 spiro atoms. The first-order valence-corrected chi connectivity index (χ1v) is 18.5. The lowest BCUT2D eigenvalue weighted by atomic mass is 9.44. The van der Waals surface area contributed by atoms with Crippen molar-refractivity contribution in [3.63, 3.8) is 0 Å². The maximum atomic E-state index is 12.7. The van der Waals surface area contributed by atoms with Gasteiger partial charge in [0, 0.05) is 6.54 Å². The number of piperidine rings is 1. The van der Waals surface area contributed by atoms with Crippen LogP contribution in [-0.2, 0) is 19.1 Å². The van der Waals surface area contributed by atoms with Crippen molar-refractivity contribution in [3.8, 4) is 0 Å². The van der Waals surface area contributed by atoms with Crippen molar-refractivity contribution < 1.29 is 34.4 Å². The molecular formula is C37H63NO7. The quantitative estimate of drug-likeness (QED) is 0.223. The molecule has 1 aliphatic heterocycles. The highest BCUT2D eigenvalue weighted by atomic mass is 16.5. The second kappa shape index (κ2) is 14.5. The summed E-state index contributed by atoms with van der Waals surface area (Å²) >= 11 is 0. The minimum atomic E-state index is -1.29. The molecule has 45 heavy (non-hydrogen) atoms. The number of ether oxygens (including phenoxy) is 2. The van der Waals surface area contributed by atoms with Crippen LogP contribution in [0.5, 0.6) is 0 Å². The summed E-state index contributed by atoms with van der Waals surface area (Å²) in [5.41, 5.74) is 0.839. The van der Waals surface area contributed by atoms with Crippen LogP contribution in [0.15, 0.2) is 0 Å². The average molecular weight is 634 g/mol. The van der Waals surface area contributed by atoms with Gasteiger partial charge in [0.25, 0.3) is 0 Å². The van der Waals surface area contributed by atoms with E-state index in [0.717, 1.165) is 54.8 Å². The highest BCUT2D eigenvalue weighted by Gasteiger charge is 2.60. The van der Waals surface area contributed by atoms with Gasteiger partial charge in [-0.1, -0.05) is 53.9 Å². The average Bonchev–Trinajstić information content (AvgIpc) is 3.36. The van der Waals surface area contributed by atoms with Crippen molar-refractivity contribution in [2.45, 2.75) is 155 Å². The van der Waals surface area contributed by atoms with E-state index in [1.54, 1.807) is 0 Å². The molecule has 5 rings (SSSR count). The van der Waals surface area contributed by atoms with E-state index in [1.807, 2.05) is 0 Å². The first-order valence-electron chi connectivity index (χ1n) is 18.5. The lowest BCUT2D eigenvalue weighted by Crippen LogP contribution is -2.61. The van der Waals surface area contributed by atoms with Crippen LogP contribution in [0.3, 0.4) is 0 Å². The molecule has 8 nitrogen and oxygen atoms in total. The van der Waals surface area contributed by atoms with E-state index >= 15 is 0 Å². The van der Waals surface area contributed by atoms with Crippen molar-refractivity contribution in [1.82, 2.24) is 5.32 Å². The summed E-state index contributed by atoms with van der Waals surface area (Å²) in [4.78, 5) is 25.0. The zero-order chi connectivity index (χ0) is 32.5. The maximum Gasteiger partial charge on any atom is 0.306 e. The van der Waals surface area contributed by atoms with Crippen LogP contribution in [0.25, 0.3) is 0 Å². The Balaban J connectivity index is 1.07. The third kappa shape index (κ3) is 7.44. The Morgan fingerprint density at radius 1 is 0.844 bits per heavy atom. The normalized spacial score (nSPS) is 43.6. The van der Waals surface area contributed by atoms with Gasteiger partial charge in [-0.15, -0.1) is 0 Å². The van der Waals surface area contributed by atoms with Gasteiger partial charge in [-0.3, -0.25) is 9.59 Å². The van der Waals surface area contributed by atoms with Crippen LogP contribution in [0, 0.1) is 52.3 Å². The second-order valence-corrected chi connectivity index (χ2v) is 16.8. The van der Waals surface area contributed by atoms with E-state index in [0.29, 0.717) is 16.7 Å². The van der Waals surface area contributed by atoms with E-state index < -0.39 is 30.3 Å². The van der Waals surface area contributed by atoms with Crippen molar-refractivity contribution >= 4 is 11.9 Å². The zero-order valence-electron chi connectivity index (χ0n) is 28.7. The molecule has 0 aromatic carbocycles. The van der Waals surface area contributed by atoms with Crippen LogP contribution < -0.4 is 5.32 Å². The van der Waals surface area contributed by atoms with Gasteiger partial charge in [-0.05, 0) is 110 Å². The van der Waals surface area contributed by atoms with E-state index in [9.17, 15) is 24.9 Å². The molecule has 13 atom stereocenters. The molecule has 5 fully saturated rings. The van der Waals surface area contributed by atoms with Gasteiger partial charge in [0.2, 0.25) is 0 Å². The predicted octanol–water partition coefficient (Wildman–Crippen LogP) is 5.40. The summed E-state index contributed by atoms with van der Waals surface area (Å²) in [6.07, 6.45) is 11.5. The van der Waals surface area contributed by atoms with Gasteiger partial charge in [-0.25, -0.2) is 0 Å². The maximum absolute atomic E-state index is 12.7.